The van der Waals surface area contributed by atoms with Crippen LogP contribution in [0.15, 0.2) is 4.99 Å². The third-order valence-corrected chi connectivity index (χ3v) is 1.94. The van der Waals surface area contributed by atoms with Gasteiger partial charge in [-0.1, -0.05) is 0 Å². The van der Waals surface area contributed by atoms with Gasteiger partial charge in [0.2, 0.25) is 5.96 Å². The fourth-order valence-electron chi connectivity index (χ4n) is 0.936. The van der Waals surface area contributed by atoms with Crippen LogP contribution < -0.4 is 11.5 Å². The van der Waals surface area contributed by atoms with Crippen molar-refractivity contribution < 1.29 is 34.8 Å². The highest BCUT2D eigenvalue weighted by atomic mass is 16.4. The van der Waals surface area contributed by atoms with Crippen molar-refractivity contribution in [1.29, 1.82) is 5.41 Å². The van der Waals surface area contributed by atoms with E-state index in [2.05, 4.69) is 4.99 Å². The number of nitrogens with two attached hydrogens (primary N) is 2. The second-order valence-corrected chi connectivity index (χ2v) is 4.23. The lowest BCUT2D eigenvalue weighted by Gasteiger charge is -2.18. The highest BCUT2D eigenvalue weighted by Crippen LogP contribution is 2.15. The molecule has 0 aliphatic rings. The highest BCUT2D eigenvalue weighted by molar-refractivity contribution is 5.91. The van der Waals surface area contributed by atoms with E-state index < -0.39 is 36.4 Å². The normalized spacial score (nSPS) is 9.77. The van der Waals surface area contributed by atoms with E-state index in [1.54, 1.807) is 14.1 Å². The summed E-state index contributed by atoms with van der Waals surface area (Å²) in [4.78, 5) is 35.4. The molecule has 0 heterocycles. The molecular formula is C10H19N5O7. The van der Waals surface area contributed by atoms with Crippen LogP contribution in [0.25, 0.3) is 0 Å². The number of carbonyl (C=O) groups is 3. The van der Waals surface area contributed by atoms with Crippen molar-refractivity contribution in [1.82, 2.24) is 4.90 Å². The summed E-state index contributed by atoms with van der Waals surface area (Å²) < 4.78 is 0. The van der Waals surface area contributed by atoms with E-state index in [1.807, 2.05) is 0 Å². The van der Waals surface area contributed by atoms with Crippen molar-refractivity contribution in [3.8, 4) is 0 Å². The Morgan fingerprint density at radius 2 is 1.45 bits per heavy atom. The van der Waals surface area contributed by atoms with Crippen LogP contribution in [0, 0.1) is 5.41 Å². The second-order valence-electron chi connectivity index (χ2n) is 4.23. The van der Waals surface area contributed by atoms with Gasteiger partial charge in [-0.25, -0.2) is 4.79 Å². The first kappa shape index (κ1) is 21.4. The van der Waals surface area contributed by atoms with Crippen molar-refractivity contribution in [3.05, 3.63) is 0 Å². The Morgan fingerprint density at radius 1 is 1.09 bits per heavy atom. The predicted molar refractivity (Wildman–Crippen MR) is 74.3 cm³/mol. The van der Waals surface area contributed by atoms with Crippen LogP contribution in [-0.2, 0) is 14.4 Å². The number of aliphatic carboxylic acids is 3. The topological polar surface area (TPSA) is 224 Å². The molecule has 0 saturated heterocycles. The number of nitrogens with one attached hydrogen (secondary N) is 1. The molecule has 12 nitrogen and oxygen atoms in total. The summed E-state index contributed by atoms with van der Waals surface area (Å²) in [5.74, 6) is -5.06. The van der Waals surface area contributed by atoms with Gasteiger partial charge in [-0.15, -0.1) is 0 Å². The summed E-state index contributed by atoms with van der Waals surface area (Å²) in [5, 5.41) is 40.9. The van der Waals surface area contributed by atoms with Gasteiger partial charge in [0.25, 0.3) is 0 Å². The number of carboxylic acid groups (broad SMARTS) is 3. The Balaban J connectivity index is 0. The smallest absolute Gasteiger partial charge is 0.336 e. The molecule has 0 saturated carbocycles. The van der Waals surface area contributed by atoms with Gasteiger partial charge in [0.1, 0.15) is 0 Å². The zero-order valence-electron chi connectivity index (χ0n) is 12.0. The SMILES string of the molecule is CN(C)C(=N)N=C(N)N.O=C(O)CC(O)(CC(=O)O)C(=O)O. The first-order valence-electron chi connectivity index (χ1n) is 5.56. The van der Waals surface area contributed by atoms with Crippen LogP contribution in [-0.4, -0.2) is 74.8 Å². The molecule has 0 rings (SSSR count). The molecule has 0 aromatic carbocycles. The molecular weight excluding hydrogens is 302 g/mol. The molecule has 0 aromatic heterocycles. The quantitative estimate of drug-likeness (QED) is 0.208. The largest absolute Gasteiger partial charge is 0.481 e. The maximum absolute atomic E-state index is 10.3. The van der Waals surface area contributed by atoms with E-state index in [9.17, 15) is 14.4 Å². The summed E-state index contributed by atoms with van der Waals surface area (Å²) in [6.45, 7) is 0. The van der Waals surface area contributed by atoms with Gasteiger partial charge in [-0.05, 0) is 0 Å². The third kappa shape index (κ3) is 9.96. The van der Waals surface area contributed by atoms with Crippen molar-refractivity contribution in [2.24, 2.45) is 16.5 Å². The van der Waals surface area contributed by atoms with Crippen molar-refractivity contribution in [2.75, 3.05) is 14.1 Å². The molecule has 0 fully saturated rings. The Bertz CT molecular complexity index is 454. The van der Waals surface area contributed by atoms with Crippen molar-refractivity contribution >= 4 is 29.8 Å². The van der Waals surface area contributed by atoms with Gasteiger partial charge in [-0.2, -0.15) is 4.99 Å². The Hall–Kier alpha value is -2.89. The van der Waals surface area contributed by atoms with E-state index in [1.165, 1.54) is 4.90 Å². The average Bonchev–Trinajstić information content (AvgIpc) is 2.25. The van der Waals surface area contributed by atoms with E-state index in [0.717, 1.165) is 0 Å². The lowest BCUT2D eigenvalue weighted by Crippen LogP contribution is -2.42. The molecule has 0 aliphatic carbocycles. The van der Waals surface area contributed by atoms with Crippen LogP contribution in [0.2, 0.25) is 0 Å². The van der Waals surface area contributed by atoms with Crippen LogP contribution in [0.3, 0.4) is 0 Å². The van der Waals surface area contributed by atoms with Crippen LogP contribution >= 0.6 is 0 Å². The summed E-state index contributed by atoms with van der Waals surface area (Å²) in [5.41, 5.74) is 7.24. The van der Waals surface area contributed by atoms with Gasteiger partial charge in [0, 0.05) is 14.1 Å². The Kier molecular flexibility index (Phi) is 8.88. The maximum atomic E-state index is 10.3. The fraction of sp³-hybridized carbons (Fsp3) is 0.500. The van der Waals surface area contributed by atoms with Crippen LogP contribution in [0.1, 0.15) is 12.8 Å². The molecule has 12 heteroatoms. The zero-order valence-corrected chi connectivity index (χ0v) is 12.0. The average molecular weight is 321 g/mol. The highest BCUT2D eigenvalue weighted by Gasteiger charge is 2.40. The zero-order chi connectivity index (χ0) is 18.1. The monoisotopic (exact) mass is 321 g/mol. The summed E-state index contributed by atoms with van der Waals surface area (Å²) in [7, 11) is 3.38. The van der Waals surface area contributed by atoms with Crippen molar-refractivity contribution in [2.45, 2.75) is 18.4 Å². The van der Waals surface area contributed by atoms with Gasteiger partial charge in [0.05, 0.1) is 12.8 Å². The van der Waals surface area contributed by atoms with Crippen LogP contribution in [0.5, 0.6) is 0 Å². The number of aliphatic hydroxyl groups is 1. The van der Waals surface area contributed by atoms with E-state index >= 15 is 0 Å². The number of guanidine groups is 2. The summed E-state index contributed by atoms with van der Waals surface area (Å²) >= 11 is 0. The number of carboxylic acids is 3. The molecule has 0 bridgehead atoms. The van der Waals surface area contributed by atoms with E-state index in [0.29, 0.717) is 0 Å². The van der Waals surface area contributed by atoms with Crippen molar-refractivity contribution in [3.63, 3.8) is 0 Å². The maximum Gasteiger partial charge on any atom is 0.336 e. The summed E-state index contributed by atoms with van der Waals surface area (Å²) in [6, 6.07) is 0. The number of rotatable bonds is 5. The van der Waals surface area contributed by atoms with Gasteiger partial charge in [0.15, 0.2) is 11.6 Å². The van der Waals surface area contributed by atoms with E-state index in [-0.39, 0.29) is 11.9 Å². The molecule has 0 atom stereocenters. The third-order valence-electron chi connectivity index (χ3n) is 1.94. The molecule has 0 aromatic rings. The molecule has 0 amide bonds. The lowest BCUT2D eigenvalue weighted by molar-refractivity contribution is -0.170. The molecule has 126 valence electrons. The lowest BCUT2D eigenvalue weighted by atomic mass is 9.96. The van der Waals surface area contributed by atoms with E-state index in [4.69, 9.17) is 37.3 Å². The fourth-order valence-corrected chi connectivity index (χ4v) is 0.936. The summed E-state index contributed by atoms with van der Waals surface area (Å²) in [6.07, 6.45) is -2.29. The van der Waals surface area contributed by atoms with Gasteiger partial charge in [-0.3, -0.25) is 15.0 Å². The minimum atomic E-state index is -2.74. The minimum Gasteiger partial charge on any atom is -0.481 e. The predicted octanol–water partition coefficient (Wildman–Crippen LogP) is -2.49. The molecule has 0 spiro atoms. The van der Waals surface area contributed by atoms with Crippen LogP contribution in [0.4, 0.5) is 0 Å². The molecule has 0 aliphatic heterocycles. The van der Waals surface area contributed by atoms with Gasteiger partial charge >= 0.3 is 17.9 Å². The molecule has 0 radical (unpaired) electrons. The second kappa shape index (κ2) is 9.12. The standard InChI is InChI=1S/C6H8O7.C4H11N5/c7-3(8)1-6(13,5(11)12)2-4(9)10;1-9(2)4(7)8-3(5)6/h13H,1-2H2,(H,7,8)(H,9,10)(H,11,12);1-2H3,(H5,5,6,7,8). The first-order valence-corrected chi connectivity index (χ1v) is 5.56. The number of nitrogens with zero attached hydrogens (tertiary/aromatic N) is 2. The Morgan fingerprint density at radius 3 is 1.59 bits per heavy atom. The molecule has 22 heavy (non-hydrogen) atoms. The number of hydrogen-bond donors (Lipinski definition) is 7. The van der Waals surface area contributed by atoms with Gasteiger partial charge < -0.3 is 36.8 Å². The number of hydrogen-bond acceptors (Lipinski definition) is 5. The first-order chi connectivity index (χ1) is 9.81. The number of aliphatic imine (C=N–C) groups is 1. The molecule has 9 N–H and O–H groups in total. The molecule has 0 unspecified atom stereocenters. The minimum absolute atomic E-state index is 0.0509. The Labute approximate surface area is 125 Å².